The van der Waals surface area contributed by atoms with E-state index in [1.54, 1.807) is 17.0 Å². The van der Waals surface area contributed by atoms with E-state index in [2.05, 4.69) is 19.9 Å². The molecule has 1 amide bonds. The summed E-state index contributed by atoms with van der Waals surface area (Å²) in [6, 6.07) is 6.87. The lowest BCUT2D eigenvalue weighted by Gasteiger charge is -2.11. The fourth-order valence-electron chi connectivity index (χ4n) is 3.37. The molecule has 1 fully saturated rings. The van der Waals surface area contributed by atoms with Crippen LogP contribution in [-0.2, 0) is 10.0 Å². The van der Waals surface area contributed by atoms with E-state index in [1.165, 1.54) is 12.3 Å². The number of rotatable bonds is 5. The van der Waals surface area contributed by atoms with E-state index >= 15 is 0 Å². The van der Waals surface area contributed by atoms with E-state index in [0.717, 1.165) is 24.0 Å². The van der Waals surface area contributed by atoms with Gasteiger partial charge < -0.3 is 14.3 Å². The Bertz CT molecular complexity index is 1140. The van der Waals surface area contributed by atoms with Crippen molar-refractivity contribution in [2.24, 2.45) is 0 Å². The van der Waals surface area contributed by atoms with Crippen LogP contribution in [0.25, 0.3) is 11.6 Å². The van der Waals surface area contributed by atoms with Gasteiger partial charge in [0.15, 0.2) is 0 Å². The fraction of sp³-hybridized carbons (Fsp3) is 0.316. The fourth-order valence-corrected chi connectivity index (χ4v) is 4.41. The van der Waals surface area contributed by atoms with Gasteiger partial charge in [-0.25, -0.2) is 8.42 Å². The number of aromatic nitrogens is 3. The van der Waals surface area contributed by atoms with Crippen LogP contribution in [0.5, 0.6) is 0 Å². The molecule has 4 rings (SSSR count). The third kappa shape index (κ3) is 4.02. The Morgan fingerprint density at radius 3 is 2.48 bits per heavy atom. The molecule has 2 N–H and O–H groups in total. The minimum Gasteiger partial charge on any atom is -0.411 e. The average Bonchev–Trinajstić information content (AvgIpc) is 3.39. The van der Waals surface area contributed by atoms with Crippen LogP contribution >= 0.6 is 0 Å². The number of sulfonamides is 1. The lowest BCUT2D eigenvalue weighted by Crippen LogP contribution is -2.27. The van der Waals surface area contributed by atoms with Crippen LogP contribution in [0.1, 0.15) is 34.7 Å². The molecule has 0 spiro atoms. The molecule has 1 saturated heterocycles. The highest BCUT2D eigenvalue weighted by atomic mass is 32.2. The normalized spacial score (nSPS) is 14.3. The molecule has 2 aromatic heterocycles. The van der Waals surface area contributed by atoms with Gasteiger partial charge in [0.1, 0.15) is 10.6 Å². The Hall–Kier alpha value is -3.14. The highest BCUT2D eigenvalue weighted by molar-refractivity contribution is 7.92. The summed E-state index contributed by atoms with van der Waals surface area (Å²) in [6.07, 6.45) is 3.25. The van der Waals surface area contributed by atoms with Crippen molar-refractivity contribution in [3.8, 4) is 11.6 Å². The molecule has 3 heterocycles. The van der Waals surface area contributed by atoms with Gasteiger partial charge in [-0.15, -0.1) is 10.2 Å². The number of hydrogen-bond donors (Lipinski definition) is 2. The SMILES string of the molecule is Cc1cc(C)cc(NS(=O)(=O)c2c[nH]c(-c3nnc(C(=O)N4CCCC4)o3)c2)c1. The second-order valence-electron chi connectivity index (χ2n) is 7.14. The molecule has 152 valence electrons. The predicted molar refractivity (Wildman–Crippen MR) is 106 cm³/mol. The van der Waals surface area contributed by atoms with E-state index in [4.69, 9.17) is 4.42 Å². The molecular formula is C19H21N5O4S. The van der Waals surface area contributed by atoms with Crippen LogP contribution in [0.3, 0.4) is 0 Å². The molecule has 0 radical (unpaired) electrons. The first-order valence-corrected chi connectivity index (χ1v) is 10.7. The van der Waals surface area contributed by atoms with Crippen molar-refractivity contribution in [1.82, 2.24) is 20.1 Å². The summed E-state index contributed by atoms with van der Waals surface area (Å²) < 4.78 is 33.4. The van der Waals surface area contributed by atoms with Crippen LogP contribution < -0.4 is 4.72 Å². The Labute approximate surface area is 168 Å². The summed E-state index contributed by atoms with van der Waals surface area (Å²) in [5, 5.41) is 7.67. The number of carbonyl (C=O) groups is 1. The highest BCUT2D eigenvalue weighted by Crippen LogP contribution is 2.24. The maximum Gasteiger partial charge on any atom is 0.311 e. The highest BCUT2D eigenvalue weighted by Gasteiger charge is 2.26. The lowest BCUT2D eigenvalue weighted by molar-refractivity contribution is 0.0754. The Morgan fingerprint density at radius 1 is 1.10 bits per heavy atom. The molecular weight excluding hydrogens is 394 g/mol. The quantitative estimate of drug-likeness (QED) is 0.661. The van der Waals surface area contributed by atoms with Crippen molar-refractivity contribution in [2.45, 2.75) is 31.6 Å². The Kier molecular flexibility index (Phi) is 4.87. The summed E-state index contributed by atoms with van der Waals surface area (Å²) in [5.74, 6) is -0.355. The number of nitrogens with zero attached hydrogens (tertiary/aromatic N) is 3. The number of anilines is 1. The summed E-state index contributed by atoms with van der Waals surface area (Å²) in [6.45, 7) is 5.14. The van der Waals surface area contributed by atoms with Gasteiger partial charge in [0.2, 0.25) is 0 Å². The third-order valence-corrected chi connectivity index (χ3v) is 6.03. The Morgan fingerprint density at radius 2 is 1.79 bits per heavy atom. The van der Waals surface area contributed by atoms with Crippen molar-refractivity contribution in [3.63, 3.8) is 0 Å². The lowest BCUT2D eigenvalue weighted by atomic mass is 10.1. The molecule has 0 unspecified atom stereocenters. The second kappa shape index (κ2) is 7.36. The maximum absolute atomic E-state index is 12.7. The van der Waals surface area contributed by atoms with E-state index < -0.39 is 10.0 Å². The number of benzene rings is 1. The van der Waals surface area contributed by atoms with Crippen LogP contribution in [0.4, 0.5) is 5.69 Å². The zero-order chi connectivity index (χ0) is 20.6. The van der Waals surface area contributed by atoms with E-state index in [1.807, 2.05) is 19.9 Å². The molecule has 10 heteroatoms. The van der Waals surface area contributed by atoms with Crippen LogP contribution in [-0.4, -0.2) is 47.5 Å². The molecule has 0 saturated carbocycles. The predicted octanol–water partition coefficient (Wildman–Crippen LogP) is 2.72. The smallest absolute Gasteiger partial charge is 0.311 e. The number of aromatic amines is 1. The van der Waals surface area contributed by atoms with Gasteiger partial charge >= 0.3 is 11.8 Å². The first-order valence-electron chi connectivity index (χ1n) is 9.24. The van der Waals surface area contributed by atoms with E-state index in [9.17, 15) is 13.2 Å². The summed E-state index contributed by atoms with van der Waals surface area (Å²) in [5.41, 5.74) is 2.72. The third-order valence-electron chi connectivity index (χ3n) is 4.67. The first kappa shape index (κ1) is 19.2. The van der Waals surface area contributed by atoms with Gasteiger partial charge in [0.05, 0.1) is 0 Å². The minimum atomic E-state index is -3.80. The summed E-state index contributed by atoms with van der Waals surface area (Å²) in [4.78, 5) is 16.8. The van der Waals surface area contributed by atoms with E-state index in [-0.39, 0.29) is 22.6 Å². The van der Waals surface area contributed by atoms with Crippen molar-refractivity contribution in [1.29, 1.82) is 0 Å². The molecule has 29 heavy (non-hydrogen) atoms. The van der Waals surface area contributed by atoms with Crippen LogP contribution in [0.2, 0.25) is 0 Å². The number of amides is 1. The molecule has 3 aromatic rings. The summed E-state index contributed by atoms with van der Waals surface area (Å²) >= 11 is 0. The van der Waals surface area contributed by atoms with E-state index in [0.29, 0.717) is 24.5 Å². The average molecular weight is 415 g/mol. The maximum atomic E-state index is 12.7. The number of hydrogen-bond acceptors (Lipinski definition) is 6. The zero-order valence-electron chi connectivity index (χ0n) is 16.1. The number of aryl methyl sites for hydroxylation is 2. The van der Waals surface area contributed by atoms with Gasteiger partial charge in [-0.1, -0.05) is 6.07 Å². The van der Waals surface area contributed by atoms with Crippen molar-refractivity contribution in [2.75, 3.05) is 17.8 Å². The van der Waals surface area contributed by atoms with Crippen molar-refractivity contribution >= 4 is 21.6 Å². The minimum absolute atomic E-state index is 0.0253. The number of likely N-dealkylation sites (tertiary alicyclic amines) is 1. The molecule has 1 aliphatic rings. The molecule has 0 atom stereocenters. The first-order chi connectivity index (χ1) is 13.8. The number of nitrogens with one attached hydrogen (secondary N) is 2. The van der Waals surface area contributed by atoms with Gasteiger partial charge in [-0.2, -0.15) is 0 Å². The molecule has 1 aliphatic heterocycles. The van der Waals surface area contributed by atoms with Gasteiger partial charge in [-0.05, 0) is 56.0 Å². The van der Waals surface area contributed by atoms with Crippen LogP contribution in [0.15, 0.2) is 39.8 Å². The molecule has 9 nitrogen and oxygen atoms in total. The molecule has 0 bridgehead atoms. The largest absolute Gasteiger partial charge is 0.411 e. The van der Waals surface area contributed by atoms with Gasteiger partial charge in [-0.3, -0.25) is 9.52 Å². The molecule has 1 aromatic carbocycles. The monoisotopic (exact) mass is 415 g/mol. The topological polar surface area (TPSA) is 121 Å². The number of H-pyrrole nitrogens is 1. The second-order valence-corrected chi connectivity index (χ2v) is 8.83. The summed E-state index contributed by atoms with van der Waals surface area (Å²) in [7, 11) is -3.80. The zero-order valence-corrected chi connectivity index (χ0v) is 16.9. The van der Waals surface area contributed by atoms with Crippen molar-refractivity contribution < 1.29 is 17.6 Å². The van der Waals surface area contributed by atoms with Gasteiger partial charge in [0, 0.05) is 25.0 Å². The van der Waals surface area contributed by atoms with Crippen molar-refractivity contribution in [3.05, 3.63) is 47.5 Å². The van der Waals surface area contributed by atoms with Crippen LogP contribution in [0, 0.1) is 13.8 Å². The standard InChI is InChI=1S/C19H21N5O4S/c1-12-7-13(2)9-14(8-12)23-29(26,27)15-10-16(20-11-15)17-21-22-18(28-17)19(25)24-5-3-4-6-24/h7-11,20,23H,3-6H2,1-2H3. The van der Waals surface area contributed by atoms with Gasteiger partial charge in [0.25, 0.3) is 15.9 Å². The Balaban J connectivity index is 1.54. The number of carbonyl (C=O) groups excluding carboxylic acids is 1. The molecule has 0 aliphatic carbocycles.